The van der Waals surface area contributed by atoms with E-state index in [1.54, 1.807) is 19.1 Å². The Kier molecular flexibility index (Phi) is 7.17. The topological polar surface area (TPSA) is 61.8 Å². The molecule has 31 heavy (non-hydrogen) atoms. The maximum Gasteiger partial charge on any atom is 0.416 e. The zero-order valence-corrected chi connectivity index (χ0v) is 17.0. The second-order valence-electron chi connectivity index (χ2n) is 7.72. The molecule has 1 aliphatic rings. The van der Waals surface area contributed by atoms with Gasteiger partial charge < -0.3 is 15.2 Å². The van der Waals surface area contributed by atoms with Crippen molar-refractivity contribution in [2.45, 2.75) is 32.3 Å². The highest BCUT2D eigenvalue weighted by Crippen LogP contribution is 2.30. The number of amides is 1. The highest BCUT2D eigenvalue weighted by Gasteiger charge is 2.33. The Labute approximate surface area is 177 Å². The monoisotopic (exact) mass is 440 g/mol. The molecular formula is C22H24F4N2O3. The molecule has 1 fully saturated rings. The van der Waals surface area contributed by atoms with Crippen LogP contribution in [0.15, 0.2) is 42.5 Å². The van der Waals surface area contributed by atoms with Crippen LogP contribution in [-0.2, 0) is 24.1 Å². The molecule has 1 aliphatic heterocycles. The molecule has 0 aliphatic carbocycles. The van der Waals surface area contributed by atoms with Gasteiger partial charge in [-0.25, -0.2) is 4.39 Å². The maximum atomic E-state index is 14.4. The number of halogens is 4. The molecule has 1 saturated heterocycles. The van der Waals surface area contributed by atoms with Crippen molar-refractivity contribution in [3.63, 3.8) is 0 Å². The van der Waals surface area contributed by atoms with Crippen LogP contribution in [-0.4, -0.2) is 41.7 Å². The van der Waals surface area contributed by atoms with E-state index in [-0.39, 0.29) is 36.8 Å². The normalized spacial score (nSPS) is 15.9. The number of rotatable bonds is 8. The molecule has 2 N–H and O–H groups in total. The summed E-state index contributed by atoms with van der Waals surface area (Å²) >= 11 is 0. The minimum atomic E-state index is -4.43. The van der Waals surface area contributed by atoms with Gasteiger partial charge in [0.1, 0.15) is 18.2 Å². The summed E-state index contributed by atoms with van der Waals surface area (Å²) in [5.41, 5.74) is 0.0104. The minimum Gasteiger partial charge on any atom is -0.489 e. The van der Waals surface area contributed by atoms with E-state index >= 15 is 0 Å². The number of likely N-dealkylation sites (tertiary alicyclic amines) is 1. The number of nitrogens with one attached hydrogen (secondary N) is 1. The third-order valence-corrected chi connectivity index (χ3v) is 5.07. The maximum absolute atomic E-state index is 14.4. The summed E-state index contributed by atoms with van der Waals surface area (Å²) in [6.07, 6.45) is -4.43. The quantitative estimate of drug-likeness (QED) is 0.618. The molecule has 3 rings (SSSR count). The van der Waals surface area contributed by atoms with Crippen molar-refractivity contribution in [2.75, 3.05) is 19.7 Å². The van der Waals surface area contributed by atoms with E-state index in [1.165, 1.54) is 18.2 Å². The molecule has 0 unspecified atom stereocenters. The summed E-state index contributed by atoms with van der Waals surface area (Å²) in [5, 5.41) is 11.7. The lowest BCUT2D eigenvalue weighted by molar-refractivity contribution is -0.137. The molecule has 5 nitrogen and oxygen atoms in total. The van der Waals surface area contributed by atoms with Crippen LogP contribution in [0.3, 0.4) is 0 Å². The van der Waals surface area contributed by atoms with Gasteiger partial charge in [0.05, 0.1) is 18.1 Å². The van der Waals surface area contributed by atoms with E-state index in [0.29, 0.717) is 30.8 Å². The number of hydrogen-bond donors (Lipinski definition) is 2. The van der Waals surface area contributed by atoms with Gasteiger partial charge in [-0.2, -0.15) is 13.2 Å². The first kappa shape index (κ1) is 23.0. The van der Waals surface area contributed by atoms with Crippen molar-refractivity contribution < 1.29 is 32.2 Å². The molecule has 1 heterocycles. The van der Waals surface area contributed by atoms with Gasteiger partial charge in [-0.1, -0.05) is 18.2 Å². The van der Waals surface area contributed by atoms with Crippen molar-refractivity contribution in [1.29, 1.82) is 0 Å². The number of alkyl halides is 3. The van der Waals surface area contributed by atoms with Gasteiger partial charge in [0, 0.05) is 37.3 Å². The van der Waals surface area contributed by atoms with Crippen molar-refractivity contribution >= 4 is 5.91 Å². The van der Waals surface area contributed by atoms with Crippen LogP contribution in [0.1, 0.15) is 23.6 Å². The van der Waals surface area contributed by atoms with E-state index in [4.69, 9.17) is 9.84 Å². The molecule has 0 saturated carbocycles. The average Bonchev–Trinajstić information content (AvgIpc) is 2.69. The lowest BCUT2D eigenvalue weighted by Gasteiger charge is -2.38. The summed E-state index contributed by atoms with van der Waals surface area (Å²) in [5.74, 6) is -0.579. The highest BCUT2D eigenvalue weighted by molar-refractivity contribution is 5.80. The number of carbonyl (C=O) groups excluding carboxylic acids is 1. The molecule has 2 aromatic carbocycles. The first-order chi connectivity index (χ1) is 14.7. The van der Waals surface area contributed by atoms with Crippen molar-refractivity contribution in [3.05, 3.63) is 65.0 Å². The Hall–Kier alpha value is -2.65. The van der Waals surface area contributed by atoms with Gasteiger partial charge in [0.2, 0.25) is 5.91 Å². The van der Waals surface area contributed by atoms with Gasteiger partial charge in [0.15, 0.2) is 0 Å². The Morgan fingerprint density at radius 1 is 1.26 bits per heavy atom. The van der Waals surface area contributed by atoms with Gasteiger partial charge in [-0.3, -0.25) is 9.69 Å². The summed E-state index contributed by atoms with van der Waals surface area (Å²) in [6, 6.07) is 8.83. The number of benzene rings is 2. The Morgan fingerprint density at radius 3 is 2.65 bits per heavy atom. The summed E-state index contributed by atoms with van der Waals surface area (Å²) in [4.78, 5) is 13.9. The summed E-state index contributed by atoms with van der Waals surface area (Å²) < 4.78 is 58.2. The fourth-order valence-corrected chi connectivity index (χ4v) is 3.26. The Morgan fingerprint density at radius 2 is 2.00 bits per heavy atom. The molecule has 0 radical (unpaired) electrons. The van der Waals surface area contributed by atoms with Crippen LogP contribution in [0.25, 0.3) is 0 Å². The molecule has 9 heteroatoms. The van der Waals surface area contributed by atoms with Crippen LogP contribution in [0.2, 0.25) is 0 Å². The standard InChI is InChI=1S/C22H24F4N2O3/c1-14(12-29)27-21(30)17-10-28(11-17)9-16-5-6-19(8-20(16)23)31-13-15-3-2-4-18(7-15)22(24,25)26/h2-8,14,17,29H,9-13H2,1H3,(H,27,30)/t14-/m1/s1. The van der Waals surface area contributed by atoms with Crippen LogP contribution in [0, 0.1) is 11.7 Å². The fraction of sp³-hybridized carbons (Fsp3) is 0.409. The third-order valence-electron chi connectivity index (χ3n) is 5.07. The molecule has 1 atom stereocenters. The average molecular weight is 440 g/mol. The Bertz CT molecular complexity index is 914. The fourth-order valence-electron chi connectivity index (χ4n) is 3.26. The van der Waals surface area contributed by atoms with Gasteiger partial charge in [-0.05, 0) is 30.7 Å². The second-order valence-corrected chi connectivity index (χ2v) is 7.72. The van der Waals surface area contributed by atoms with Crippen molar-refractivity contribution in [1.82, 2.24) is 10.2 Å². The predicted molar refractivity (Wildman–Crippen MR) is 106 cm³/mol. The molecule has 2 aromatic rings. The summed E-state index contributed by atoms with van der Waals surface area (Å²) in [7, 11) is 0. The smallest absolute Gasteiger partial charge is 0.416 e. The predicted octanol–water partition coefficient (Wildman–Crippen LogP) is 3.35. The van der Waals surface area contributed by atoms with Crippen LogP contribution < -0.4 is 10.1 Å². The molecule has 0 spiro atoms. The number of ether oxygens (including phenoxy) is 1. The number of hydrogen-bond acceptors (Lipinski definition) is 4. The van der Waals surface area contributed by atoms with Gasteiger partial charge >= 0.3 is 6.18 Å². The zero-order chi connectivity index (χ0) is 22.6. The van der Waals surface area contributed by atoms with E-state index in [0.717, 1.165) is 12.1 Å². The van der Waals surface area contributed by atoms with Gasteiger partial charge in [-0.15, -0.1) is 0 Å². The SMILES string of the molecule is C[C@H](CO)NC(=O)C1CN(Cc2ccc(OCc3cccc(C(F)(F)F)c3)cc2F)C1. The van der Waals surface area contributed by atoms with E-state index in [2.05, 4.69) is 5.32 Å². The third kappa shape index (κ3) is 6.18. The number of aliphatic hydroxyl groups is 1. The number of nitrogens with zero attached hydrogens (tertiary/aromatic N) is 1. The van der Waals surface area contributed by atoms with E-state index in [9.17, 15) is 22.4 Å². The zero-order valence-electron chi connectivity index (χ0n) is 17.0. The minimum absolute atomic E-state index is 0.113. The van der Waals surface area contributed by atoms with Crippen molar-refractivity contribution in [2.24, 2.45) is 5.92 Å². The summed E-state index contributed by atoms with van der Waals surface area (Å²) in [6.45, 7) is 2.79. The van der Waals surface area contributed by atoms with Crippen LogP contribution in [0.4, 0.5) is 17.6 Å². The van der Waals surface area contributed by atoms with Crippen molar-refractivity contribution in [3.8, 4) is 5.75 Å². The van der Waals surface area contributed by atoms with E-state index < -0.39 is 17.6 Å². The molecule has 168 valence electrons. The first-order valence-corrected chi connectivity index (χ1v) is 9.86. The number of aliphatic hydroxyl groups excluding tert-OH is 1. The Balaban J connectivity index is 1.50. The molecular weight excluding hydrogens is 416 g/mol. The second kappa shape index (κ2) is 9.65. The molecule has 0 aromatic heterocycles. The van der Waals surface area contributed by atoms with Crippen LogP contribution in [0.5, 0.6) is 5.75 Å². The molecule has 1 amide bonds. The largest absolute Gasteiger partial charge is 0.489 e. The lowest BCUT2D eigenvalue weighted by Crippen LogP contribution is -2.54. The number of carbonyl (C=O) groups is 1. The first-order valence-electron chi connectivity index (χ1n) is 9.86. The highest BCUT2D eigenvalue weighted by atomic mass is 19.4. The lowest BCUT2D eigenvalue weighted by atomic mass is 9.97. The van der Waals surface area contributed by atoms with Gasteiger partial charge in [0.25, 0.3) is 0 Å². The van der Waals surface area contributed by atoms with E-state index in [1.807, 2.05) is 4.90 Å². The van der Waals surface area contributed by atoms with Crippen LogP contribution >= 0.6 is 0 Å². The molecule has 0 bridgehead atoms.